The molecule has 0 heterocycles. The molecule has 1 amide bonds. The van der Waals surface area contributed by atoms with Crippen molar-refractivity contribution in [3.05, 3.63) is 34.9 Å². The van der Waals surface area contributed by atoms with Gasteiger partial charge in [-0.1, -0.05) is 18.2 Å². The molecule has 0 spiro atoms. The first-order chi connectivity index (χ1) is 8.17. The third-order valence-corrected chi connectivity index (χ3v) is 2.50. The minimum atomic E-state index is -0.399. The number of hydrogen-bond acceptors (Lipinski definition) is 3. The fraction of sp³-hybridized carbons (Fsp3) is 0.462. The minimum Gasteiger partial charge on any atom is -0.450 e. The Balaban J connectivity index is 2.55. The van der Waals surface area contributed by atoms with E-state index < -0.39 is 6.09 Å². The fourth-order valence-electron chi connectivity index (χ4n) is 1.63. The number of hydrogen-bond donors (Lipinski definition) is 2. The lowest BCUT2D eigenvalue weighted by Gasteiger charge is -2.08. The van der Waals surface area contributed by atoms with Gasteiger partial charge in [0.25, 0.3) is 0 Å². The molecule has 4 heteroatoms. The quantitative estimate of drug-likeness (QED) is 0.820. The van der Waals surface area contributed by atoms with E-state index in [2.05, 4.69) is 5.32 Å². The second-order valence-electron chi connectivity index (χ2n) is 3.81. The standard InChI is InChI=1S/C13H19NO3/c1-3-17-13(16)14-9-11-4-5-12(6-7-15)10(2)8-11/h4-5,8,15H,3,6-7,9H2,1-2H3,(H,14,16). The third kappa shape index (κ3) is 4.44. The van der Waals surface area contributed by atoms with Crippen LogP contribution in [0.4, 0.5) is 4.79 Å². The number of amides is 1. The van der Waals surface area contributed by atoms with E-state index in [-0.39, 0.29) is 6.61 Å². The number of alkyl carbamates (subject to hydrolysis) is 1. The maximum atomic E-state index is 11.1. The molecule has 0 saturated heterocycles. The van der Waals surface area contributed by atoms with Crippen LogP contribution >= 0.6 is 0 Å². The van der Waals surface area contributed by atoms with Crippen LogP contribution in [0.1, 0.15) is 23.6 Å². The molecule has 1 rings (SSSR count). The van der Waals surface area contributed by atoms with Crippen LogP contribution in [0.25, 0.3) is 0 Å². The van der Waals surface area contributed by atoms with E-state index in [4.69, 9.17) is 9.84 Å². The molecule has 94 valence electrons. The number of benzene rings is 1. The molecule has 0 aromatic heterocycles. The van der Waals surface area contributed by atoms with Crippen molar-refractivity contribution >= 4 is 6.09 Å². The second-order valence-corrected chi connectivity index (χ2v) is 3.81. The van der Waals surface area contributed by atoms with E-state index in [1.807, 2.05) is 25.1 Å². The van der Waals surface area contributed by atoms with Gasteiger partial charge < -0.3 is 15.2 Å². The van der Waals surface area contributed by atoms with E-state index in [9.17, 15) is 4.79 Å². The average molecular weight is 237 g/mol. The van der Waals surface area contributed by atoms with Crippen LogP contribution < -0.4 is 5.32 Å². The number of aryl methyl sites for hydroxylation is 1. The van der Waals surface area contributed by atoms with E-state index in [1.54, 1.807) is 6.92 Å². The Morgan fingerprint density at radius 1 is 1.47 bits per heavy atom. The highest BCUT2D eigenvalue weighted by atomic mass is 16.5. The van der Waals surface area contributed by atoms with E-state index in [0.29, 0.717) is 19.6 Å². The predicted octanol–water partition coefficient (Wildman–Crippen LogP) is 1.78. The van der Waals surface area contributed by atoms with Crippen LogP contribution in [-0.4, -0.2) is 24.4 Å². The van der Waals surface area contributed by atoms with Crippen LogP contribution in [0.5, 0.6) is 0 Å². The van der Waals surface area contributed by atoms with Crippen LogP contribution in [-0.2, 0) is 17.7 Å². The van der Waals surface area contributed by atoms with Gasteiger partial charge in [0.1, 0.15) is 0 Å². The van der Waals surface area contributed by atoms with Crippen LogP contribution in [0, 0.1) is 6.92 Å². The smallest absolute Gasteiger partial charge is 0.407 e. The molecule has 1 aromatic carbocycles. The number of carbonyl (C=O) groups is 1. The Morgan fingerprint density at radius 3 is 2.82 bits per heavy atom. The first kappa shape index (κ1) is 13.5. The van der Waals surface area contributed by atoms with E-state index in [0.717, 1.165) is 16.7 Å². The zero-order valence-corrected chi connectivity index (χ0v) is 10.3. The van der Waals surface area contributed by atoms with Gasteiger partial charge in [0.05, 0.1) is 6.61 Å². The van der Waals surface area contributed by atoms with Gasteiger partial charge in [-0.25, -0.2) is 4.79 Å². The first-order valence-electron chi connectivity index (χ1n) is 5.77. The van der Waals surface area contributed by atoms with Gasteiger partial charge in [-0.2, -0.15) is 0 Å². The molecule has 0 unspecified atom stereocenters. The summed E-state index contributed by atoms with van der Waals surface area (Å²) in [6.45, 7) is 4.76. The summed E-state index contributed by atoms with van der Waals surface area (Å²) in [5.41, 5.74) is 3.28. The summed E-state index contributed by atoms with van der Waals surface area (Å²) in [5.74, 6) is 0. The summed E-state index contributed by atoms with van der Waals surface area (Å²) in [5, 5.41) is 11.5. The molecule has 2 N–H and O–H groups in total. The predicted molar refractivity (Wildman–Crippen MR) is 65.8 cm³/mol. The van der Waals surface area contributed by atoms with Crippen LogP contribution in [0.15, 0.2) is 18.2 Å². The molecule has 0 saturated carbocycles. The maximum Gasteiger partial charge on any atom is 0.407 e. The van der Waals surface area contributed by atoms with Crippen molar-refractivity contribution in [2.24, 2.45) is 0 Å². The zero-order valence-electron chi connectivity index (χ0n) is 10.3. The number of rotatable bonds is 5. The topological polar surface area (TPSA) is 58.6 Å². The molecule has 17 heavy (non-hydrogen) atoms. The molecule has 1 aromatic rings. The Hall–Kier alpha value is -1.55. The Morgan fingerprint density at radius 2 is 2.24 bits per heavy atom. The van der Waals surface area contributed by atoms with Crippen molar-refractivity contribution < 1.29 is 14.6 Å². The van der Waals surface area contributed by atoms with Crippen molar-refractivity contribution in [1.29, 1.82) is 0 Å². The Bertz CT molecular complexity index is 377. The lowest BCUT2D eigenvalue weighted by molar-refractivity contribution is 0.151. The van der Waals surface area contributed by atoms with Crippen LogP contribution in [0.2, 0.25) is 0 Å². The van der Waals surface area contributed by atoms with E-state index >= 15 is 0 Å². The first-order valence-corrected chi connectivity index (χ1v) is 5.77. The minimum absolute atomic E-state index is 0.154. The molecule has 0 fully saturated rings. The molecular weight excluding hydrogens is 218 g/mol. The van der Waals surface area contributed by atoms with E-state index in [1.165, 1.54) is 0 Å². The summed E-state index contributed by atoms with van der Waals surface area (Å²) < 4.78 is 4.77. The molecular formula is C13H19NO3. The number of ether oxygens (including phenoxy) is 1. The number of aliphatic hydroxyl groups is 1. The molecule has 4 nitrogen and oxygen atoms in total. The van der Waals surface area contributed by atoms with Gasteiger partial charge in [0, 0.05) is 13.2 Å². The zero-order chi connectivity index (χ0) is 12.7. The number of carbonyl (C=O) groups excluding carboxylic acids is 1. The van der Waals surface area contributed by atoms with Gasteiger partial charge in [-0.3, -0.25) is 0 Å². The van der Waals surface area contributed by atoms with Gasteiger partial charge >= 0.3 is 6.09 Å². The summed E-state index contributed by atoms with van der Waals surface area (Å²) >= 11 is 0. The van der Waals surface area contributed by atoms with Crippen LogP contribution in [0.3, 0.4) is 0 Å². The highest BCUT2D eigenvalue weighted by molar-refractivity contribution is 5.67. The summed E-state index contributed by atoms with van der Waals surface area (Å²) in [6, 6.07) is 5.94. The van der Waals surface area contributed by atoms with Crippen molar-refractivity contribution in [3.8, 4) is 0 Å². The number of aliphatic hydroxyl groups excluding tert-OH is 1. The molecule has 0 bridgehead atoms. The number of nitrogens with one attached hydrogen (secondary N) is 1. The van der Waals surface area contributed by atoms with Crippen molar-refractivity contribution in [3.63, 3.8) is 0 Å². The van der Waals surface area contributed by atoms with Crippen molar-refractivity contribution in [2.75, 3.05) is 13.2 Å². The monoisotopic (exact) mass is 237 g/mol. The summed E-state index contributed by atoms with van der Waals surface area (Å²) in [4.78, 5) is 11.1. The third-order valence-electron chi connectivity index (χ3n) is 2.50. The summed E-state index contributed by atoms with van der Waals surface area (Å²) in [7, 11) is 0. The van der Waals surface area contributed by atoms with Crippen molar-refractivity contribution in [2.45, 2.75) is 26.8 Å². The van der Waals surface area contributed by atoms with Gasteiger partial charge in [-0.05, 0) is 37.0 Å². The average Bonchev–Trinajstić information content (AvgIpc) is 2.30. The Kier molecular flexibility index (Phi) is 5.49. The van der Waals surface area contributed by atoms with Gasteiger partial charge in [0.2, 0.25) is 0 Å². The molecule has 0 radical (unpaired) electrons. The normalized spacial score (nSPS) is 10.1. The molecule has 0 aliphatic rings. The molecule has 0 aliphatic heterocycles. The van der Waals surface area contributed by atoms with Gasteiger partial charge in [-0.15, -0.1) is 0 Å². The van der Waals surface area contributed by atoms with Crippen molar-refractivity contribution in [1.82, 2.24) is 5.32 Å². The lowest BCUT2D eigenvalue weighted by Crippen LogP contribution is -2.23. The fourth-order valence-corrected chi connectivity index (χ4v) is 1.63. The highest BCUT2D eigenvalue weighted by Gasteiger charge is 2.02. The Labute approximate surface area is 102 Å². The second kappa shape index (κ2) is 6.91. The summed E-state index contributed by atoms with van der Waals surface area (Å²) in [6.07, 6.45) is 0.266. The largest absolute Gasteiger partial charge is 0.450 e. The lowest BCUT2D eigenvalue weighted by atomic mass is 10.0. The molecule has 0 atom stereocenters. The molecule has 0 aliphatic carbocycles. The maximum absolute atomic E-state index is 11.1. The van der Waals surface area contributed by atoms with Gasteiger partial charge in [0.15, 0.2) is 0 Å². The highest BCUT2D eigenvalue weighted by Crippen LogP contribution is 2.11. The SMILES string of the molecule is CCOC(=O)NCc1ccc(CCO)c(C)c1.